The van der Waals surface area contributed by atoms with Crippen LogP contribution in [0.15, 0.2) is 68.5 Å². The molecule has 2 aliphatic rings. The maximum atomic E-state index is 17.4. The van der Waals surface area contributed by atoms with Gasteiger partial charge in [-0.3, -0.25) is 0 Å². The van der Waals surface area contributed by atoms with E-state index in [4.69, 9.17) is 9.47 Å². The molecule has 0 fully saturated rings. The summed E-state index contributed by atoms with van der Waals surface area (Å²) in [5, 5.41) is 0. The van der Waals surface area contributed by atoms with Crippen LogP contribution in [0.5, 0.6) is 0 Å². The number of hydrogen-bond acceptors (Lipinski definition) is 6. The molecule has 0 spiro atoms. The Hall–Kier alpha value is -4.29. The molecule has 2 aromatic rings. The van der Waals surface area contributed by atoms with Gasteiger partial charge in [-0.1, -0.05) is 0 Å². The van der Waals surface area contributed by atoms with Gasteiger partial charge in [0, 0.05) is 0 Å². The molecule has 0 atom stereocenters. The first-order valence-corrected chi connectivity index (χ1v) is 23.1. The summed E-state index contributed by atoms with van der Waals surface area (Å²) in [6, 6.07) is 4.80. The molecule has 0 aliphatic heterocycles. The summed E-state index contributed by atoms with van der Waals surface area (Å²) >= 11 is -5.19. The number of halogens is 4. The molecular formula is C44H54F4N2O6Ti. The zero-order chi connectivity index (χ0) is 41.5. The number of rotatable bonds is 22. The Morgan fingerprint density at radius 3 is 1.32 bits per heavy atom. The number of esters is 2. The van der Waals surface area contributed by atoms with E-state index in [1.54, 1.807) is 64.2 Å². The second-order valence-electron chi connectivity index (χ2n) is 14.0. The molecule has 0 bridgehead atoms. The number of unbranched alkanes of at least 4 members (excludes halogenated alkanes) is 2. The monoisotopic (exact) mass is 830 g/mol. The van der Waals surface area contributed by atoms with Crippen LogP contribution >= 0.6 is 0 Å². The second kappa shape index (κ2) is 22.0. The van der Waals surface area contributed by atoms with Gasteiger partial charge in [0.25, 0.3) is 0 Å². The molecule has 2 amide bonds. The Labute approximate surface area is 337 Å². The fourth-order valence-electron chi connectivity index (χ4n) is 7.58. The van der Waals surface area contributed by atoms with Crippen LogP contribution in [-0.2, 0) is 58.3 Å². The molecule has 0 saturated heterocycles. The Morgan fingerprint density at radius 2 is 0.982 bits per heavy atom. The molecule has 2 aliphatic carbocycles. The van der Waals surface area contributed by atoms with Crippen LogP contribution in [0.25, 0.3) is 0 Å². The fraction of sp³-hybridized carbons (Fsp3) is 0.455. The minimum absolute atomic E-state index is 0.0175. The summed E-state index contributed by atoms with van der Waals surface area (Å²) in [6.45, 7) is 7.52. The van der Waals surface area contributed by atoms with Crippen molar-refractivity contribution in [2.24, 2.45) is 0 Å². The van der Waals surface area contributed by atoms with Gasteiger partial charge in [-0.15, -0.1) is 0 Å². The number of ether oxygens (including phenoxy) is 2. The first-order chi connectivity index (χ1) is 27.4. The van der Waals surface area contributed by atoms with Gasteiger partial charge in [-0.25, -0.2) is 0 Å². The summed E-state index contributed by atoms with van der Waals surface area (Å²) in [4.78, 5) is 53.0. The number of benzene rings is 2. The van der Waals surface area contributed by atoms with Crippen molar-refractivity contribution in [3.05, 3.63) is 103 Å². The molecule has 13 heteroatoms. The topological polar surface area (TPSA) is 93.2 Å². The van der Waals surface area contributed by atoms with Crippen molar-refractivity contribution in [1.82, 2.24) is 9.80 Å². The van der Waals surface area contributed by atoms with Gasteiger partial charge >= 0.3 is 311 Å². The van der Waals surface area contributed by atoms with E-state index in [0.717, 1.165) is 12.1 Å². The van der Waals surface area contributed by atoms with E-state index in [0.29, 0.717) is 33.4 Å². The van der Waals surface area contributed by atoms with Gasteiger partial charge in [0.05, 0.1) is 13.2 Å². The maximum absolute atomic E-state index is 17.4. The number of amides is 2. The molecule has 0 heterocycles. The van der Waals surface area contributed by atoms with Crippen molar-refractivity contribution in [2.45, 2.75) is 105 Å². The van der Waals surface area contributed by atoms with Gasteiger partial charge in [0.15, 0.2) is 0 Å². The summed E-state index contributed by atoms with van der Waals surface area (Å²) in [5.41, 5.74) is 0.0350. The third-order valence-electron chi connectivity index (χ3n) is 10.4. The third kappa shape index (κ3) is 11.0. The molecular weight excluding hydrogens is 776 g/mol. The van der Waals surface area contributed by atoms with Gasteiger partial charge in [0.2, 0.25) is 0 Å². The van der Waals surface area contributed by atoms with E-state index in [9.17, 15) is 19.2 Å². The Balaban J connectivity index is 1.75. The predicted octanol–water partition coefficient (Wildman–Crippen LogP) is 7.98. The molecule has 0 radical (unpaired) electrons. The first-order valence-electron chi connectivity index (χ1n) is 20.0. The summed E-state index contributed by atoms with van der Waals surface area (Å²) in [7, 11) is 0. The van der Waals surface area contributed by atoms with Gasteiger partial charge in [-0.05, 0) is 13.8 Å². The van der Waals surface area contributed by atoms with E-state index >= 15 is 17.6 Å². The van der Waals surface area contributed by atoms with Crippen LogP contribution < -0.4 is 7.74 Å². The van der Waals surface area contributed by atoms with Crippen LogP contribution in [0.3, 0.4) is 0 Å². The summed E-state index contributed by atoms with van der Waals surface area (Å²) < 4.78 is 78.4. The van der Waals surface area contributed by atoms with Crippen LogP contribution in [0.4, 0.5) is 17.6 Å². The molecule has 0 N–H and O–H groups in total. The normalized spacial score (nSPS) is 13.4. The van der Waals surface area contributed by atoms with E-state index in [1.165, 1.54) is 21.9 Å². The number of nitrogens with zero attached hydrogens (tertiary/aromatic N) is 2. The van der Waals surface area contributed by atoms with Gasteiger partial charge in [0.1, 0.15) is 0 Å². The van der Waals surface area contributed by atoms with Crippen molar-refractivity contribution in [2.75, 3.05) is 26.3 Å². The second-order valence-corrected chi connectivity index (χ2v) is 19.9. The van der Waals surface area contributed by atoms with E-state index in [-0.39, 0.29) is 121 Å². The number of hydrogen-bond donors (Lipinski definition) is 0. The molecule has 0 aromatic heterocycles. The molecule has 4 rings (SSSR count). The average molecular weight is 831 g/mol. The molecule has 57 heavy (non-hydrogen) atoms. The van der Waals surface area contributed by atoms with Crippen molar-refractivity contribution in [1.29, 1.82) is 0 Å². The van der Waals surface area contributed by atoms with Crippen LogP contribution in [0, 0.1) is 23.3 Å². The van der Waals surface area contributed by atoms with Crippen molar-refractivity contribution in [3.63, 3.8) is 0 Å². The standard InChI is InChI=1S/2C17H22F2NO3.2C5H5.Ti/c2*1-3-20(12-13-9-10-14(18)11-15(13)19)16(21)7-5-6-8-17(22)23-4-2;2*1-2-4-5-3-1;/h2*9-10H,3-8,12H2,1-2H3;2*1-3H,4H2;. The van der Waals surface area contributed by atoms with Crippen molar-refractivity contribution >= 4 is 31.5 Å². The van der Waals surface area contributed by atoms with Gasteiger partial charge in [-0.2, -0.15) is 0 Å². The first kappa shape index (κ1) is 45.4. The number of carbonyl (C=O) groups excluding carboxylic acids is 4. The van der Waals surface area contributed by atoms with Crippen molar-refractivity contribution < 1.29 is 62.8 Å². The molecule has 0 unspecified atom stereocenters. The molecule has 2 aromatic carbocycles. The fourth-order valence-corrected chi connectivity index (χ4v) is 15.9. The Bertz CT molecular complexity index is 1770. The van der Waals surface area contributed by atoms with Crippen LogP contribution in [0.2, 0.25) is 0 Å². The number of allylic oxidation sites excluding steroid dienone is 8. The summed E-state index contributed by atoms with van der Waals surface area (Å²) in [5.74, 6) is -4.98. The predicted molar refractivity (Wildman–Crippen MR) is 208 cm³/mol. The van der Waals surface area contributed by atoms with Crippen LogP contribution in [-0.4, -0.2) is 59.9 Å². The van der Waals surface area contributed by atoms with Crippen LogP contribution in [0.1, 0.15) is 103 Å². The molecule has 8 nitrogen and oxygen atoms in total. The third-order valence-corrected chi connectivity index (χ3v) is 18.4. The number of carbonyl (C=O) groups is 4. The quantitative estimate of drug-likeness (QED) is 0.0518. The molecule has 308 valence electrons. The summed E-state index contributed by atoms with van der Waals surface area (Å²) in [6.07, 6.45) is 13.2. The minimum atomic E-state index is -5.19. The van der Waals surface area contributed by atoms with Gasteiger partial charge < -0.3 is 0 Å². The molecule has 0 saturated carbocycles. The SMILES string of the molecule is CCOC(=O)CCCCC(=O)N(CC)Cc1ccc(F)[c]([Ti]([C]2=CC=CC2)([C]2=CC=CC2)[c]2c(F)ccc(CN(CC)C(=O)CCCCC(=O)OCC)c2F)c1F. The Kier molecular flexibility index (Phi) is 17.5. The van der Waals surface area contributed by atoms with E-state index in [2.05, 4.69) is 0 Å². The Morgan fingerprint density at radius 1 is 0.596 bits per heavy atom. The average Bonchev–Trinajstić information content (AvgIpc) is 3.94. The van der Waals surface area contributed by atoms with Crippen molar-refractivity contribution in [3.8, 4) is 0 Å². The zero-order valence-electron chi connectivity index (χ0n) is 33.4. The van der Waals surface area contributed by atoms with E-state index < -0.39 is 39.9 Å². The van der Waals surface area contributed by atoms with E-state index in [1.807, 2.05) is 0 Å². The zero-order valence-corrected chi connectivity index (χ0v) is 35.0.